The molecule has 0 fully saturated rings. The van der Waals surface area contributed by atoms with Gasteiger partial charge in [0.25, 0.3) is 0 Å². The normalized spacial score (nSPS) is 10.5. The Morgan fingerprint density at radius 3 is 1.89 bits per heavy atom. The van der Waals surface area contributed by atoms with Crippen LogP contribution < -0.4 is 5.30 Å². The number of benzene rings is 2. The minimum atomic E-state index is 0.541. The van der Waals surface area contributed by atoms with E-state index in [1.165, 1.54) is 0 Å². The largest absolute Gasteiger partial charge is 0.416 e. The molecule has 0 aliphatic rings. The summed E-state index contributed by atoms with van der Waals surface area (Å²) in [6.45, 7) is 0. The predicted octanol–water partition coefficient (Wildman–Crippen LogP) is 2.90. The molecule has 0 saturated heterocycles. The molecule has 1 unspecified atom stereocenters. The van der Waals surface area contributed by atoms with Crippen molar-refractivity contribution in [3.8, 4) is 22.9 Å². The number of nitrogens with zero attached hydrogens (tertiary/aromatic N) is 2. The second kappa shape index (κ2) is 4.71. The monoisotopic (exact) mass is 254 g/mol. The maximum Gasteiger partial charge on any atom is 0.248 e. The zero-order chi connectivity index (χ0) is 12.4. The maximum absolute atomic E-state index is 5.67. The van der Waals surface area contributed by atoms with Gasteiger partial charge in [0.1, 0.15) is 0 Å². The number of hydrogen-bond donors (Lipinski definition) is 0. The Bertz CT molecular complexity index is 647. The van der Waals surface area contributed by atoms with Crippen LogP contribution in [0.15, 0.2) is 59.0 Å². The van der Waals surface area contributed by atoms with E-state index in [-0.39, 0.29) is 0 Å². The third-order valence-electron chi connectivity index (χ3n) is 2.60. The maximum atomic E-state index is 5.67. The van der Waals surface area contributed by atoms with Gasteiger partial charge in [-0.1, -0.05) is 30.3 Å². The molecule has 3 aromatic rings. The summed E-state index contributed by atoms with van der Waals surface area (Å²) >= 11 is 0. The Kier molecular flexibility index (Phi) is 2.91. The van der Waals surface area contributed by atoms with E-state index < -0.39 is 0 Å². The molecule has 1 heterocycles. The molecule has 4 heteroatoms. The van der Waals surface area contributed by atoms with Gasteiger partial charge in [-0.3, -0.25) is 0 Å². The van der Waals surface area contributed by atoms with Crippen molar-refractivity contribution in [3.05, 3.63) is 54.6 Å². The highest BCUT2D eigenvalue weighted by atomic mass is 31.0. The van der Waals surface area contributed by atoms with Crippen LogP contribution in [0.4, 0.5) is 0 Å². The second-order valence-corrected chi connectivity index (χ2v) is 4.57. The van der Waals surface area contributed by atoms with E-state index in [2.05, 4.69) is 19.4 Å². The molecule has 0 aliphatic carbocycles. The smallest absolute Gasteiger partial charge is 0.248 e. The van der Waals surface area contributed by atoms with Crippen LogP contribution in [0.5, 0.6) is 0 Å². The average Bonchev–Trinajstić information content (AvgIpc) is 2.90. The summed E-state index contributed by atoms with van der Waals surface area (Å²) < 4.78 is 5.67. The van der Waals surface area contributed by atoms with Crippen molar-refractivity contribution >= 4 is 14.5 Å². The first-order valence-electron chi connectivity index (χ1n) is 5.58. The van der Waals surface area contributed by atoms with Crippen molar-refractivity contribution in [2.24, 2.45) is 0 Å². The summed E-state index contributed by atoms with van der Waals surface area (Å²) in [5.74, 6) is 1.08. The number of aromatic nitrogens is 2. The van der Waals surface area contributed by atoms with E-state index in [9.17, 15) is 0 Å². The molecular weight excluding hydrogens is 243 g/mol. The van der Waals surface area contributed by atoms with E-state index in [0.717, 1.165) is 16.4 Å². The fraction of sp³-hybridized carbons (Fsp3) is 0. The number of rotatable bonds is 2. The molecule has 0 radical (unpaired) electrons. The lowest BCUT2D eigenvalue weighted by atomic mass is 10.2. The fourth-order valence-electron chi connectivity index (χ4n) is 1.66. The van der Waals surface area contributed by atoms with Gasteiger partial charge in [0.05, 0.1) is 0 Å². The quantitative estimate of drug-likeness (QED) is 0.660. The minimum absolute atomic E-state index is 0.541. The molecule has 0 saturated carbocycles. The molecule has 0 bridgehead atoms. The summed E-state index contributed by atoms with van der Waals surface area (Å²) in [7, 11) is 2.65. The average molecular weight is 254 g/mol. The summed E-state index contributed by atoms with van der Waals surface area (Å²) in [6, 6.07) is 17.7. The first kappa shape index (κ1) is 11.1. The van der Waals surface area contributed by atoms with E-state index >= 15 is 0 Å². The molecule has 1 aromatic heterocycles. The van der Waals surface area contributed by atoms with Crippen LogP contribution in [0.3, 0.4) is 0 Å². The van der Waals surface area contributed by atoms with Crippen LogP contribution in [0, 0.1) is 0 Å². The Labute approximate surface area is 107 Å². The van der Waals surface area contributed by atoms with Crippen molar-refractivity contribution < 1.29 is 4.42 Å². The van der Waals surface area contributed by atoms with Gasteiger partial charge in [-0.25, -0.2) is 0 Å². The van der Waals surface area contributed by atoms with E-state index in [4.69, 9.17) is 4.42 Å². The van der Waals surface area contributed by atoms with Crippen LogP contribution in [0.1, 0.15) is 0 Å². The molecule has 2 aromatic carbocycles. The fourth-order valence-corrected chi connectivity index (χ4v) is 1.86. The molecule has 0 aliphatic heterocycles. The van der Waals surface area contributed by atoms with Gasteiger partial charge >= 0.3 is 0 Å². The zero-order valence-corrected chi connectivity index (χ0v) is 10.7. The molecule has 0 N–H and O–H groups in total. The van der Waals surface area contributed by atoms with Gasteiger partial charge in [-0.15, -0.1) is 19.4 Å². The Balaban J connectivity index is 1.97. The molecule has 0 spiro atoms. The topological polar surface area (TPSA) is 38.9 Å². The van der Waals surface area contributed by atoms with Gasteiger partial charge in [0.2, 0.25) is 11.8 Å². The minimum Gasteiger partial charge on any atom is -0.416 e. The zero-order valence-electron chi connectivity index (χ0n) is 9.58. The summed E-state index contributed by atoms with van der Waals surface area (Å²) in [5.41, 5.74) is 1.86. The third kappa shape index (κ3) is 2.18. The van der Waals surface area contributed by atoms with Crippen LogP contribution in [-0.2, 0) is 0 Å². The van der Waals surface area contributed by atoms with Gasteiger partial charge < -0.3 is 4.42 Å². The standard InChI is InChI=1S/C14H11N2OP/c18-12-8-6-11(7-9-12)14-16-15-13(17-14)10-4-2-1-3-5-10/h1-9H,18H2. The van der Waals surface area contributed by atoms with Crippen molar-refractivity contribution in [1.29, 1.82) is 0 Å². The number of hydrogen-bond acceptors (Lipinski definition) is 3. The molecule has 88 valence electrons. The van der Waals surface area contributed by atoms with Crippen molar-refractivity contribution in [2.45, 2.75) is 0 Å². The van der Waals surface area contributed by atoms with Crippen molar-refractivity contribution in [3.63, 3.8) is 0 Å². The first-order valence-corrected chi connectivity index (χ1v) is 6.15. The predicted molar refractivity (Wildman–Crippen MR) is 74.5 cm³/mol. The summed E-state index contributed by atoms with van der Waals surface area (Å²) in [5, 5.41) is 9.26. The SMILES string of the molecule is Pc1ccc(-c2nnc(-c3ccccc3)o2)cc1. The third-order valence-corrected chi connectivity index (χ3v) is 2.99. The lowest BCUT2D eigenvalue weighted by molar-refractivity contribution is 0.584. The summed E-state index contributed by atoms with van der Waals surface area (Å²) in [6.07, 6.45) is 0. The van der Waals surface area contributed by atoms with Crippen molar-refractivity contribution in [2.75, 3.05) is 0 Å². The molecule has 3 nitrogen and oxygen atoms in total. The second-order valence-electron chi connectivity index (χ2n) is 3.90. The van der Waals surface area contributed by atoms with E-state index in [0.29, 0.717) is 11.8 Å². The lowest BCUT2D eigenvalue weighted by Crippen LogP contribution is -1.87. The van der Waals surface area contributed by atoms with Gasteiger partial charge in [-0.05, 0) is 29.6 Å². The molecule has 1 atom stereocenters. The van der Waals surface area contributed by atoms with Crippen LogP contribution >= 0.6 is 9.24 Å². The van der Waals surface area contributed by atoms with Crippen LogP contribution in [0.2, 0.25) is 0 Å². The van der Waals surface area contributed by atoms with Gasteiger partial charge in [-0.2, -0.15) is 0 Å². The highest BCUT2D eigenvalue weighted by molar-refractivity contribution is 7.27. The Morgan fingerprint density at radius 1 is 0.722 bits per heavy atom. The van der Waals surface area contributed by atoms with Gasteiger partial charge in [0, 0.05) is 11.1 Å². The molecule has 3 rings (SSSR count). The lowest BCUT2D eigenvalue weighted by Gasteiger charge is -1.95. The first-order chi connectivity index (χ1) is 8.83. The van der Waals surface area contributed by atoms with Crippen LogP contribution in [0.25, 0.3) is 22.9 Å². The van der Waals surface area contributed by atoms with Crippen molar-refractivity contribution in [1.82, 2.24) is 10.2 Å². The Hall–Kier alpha value is -1.99. The summed E-state index contributed by atoms with van der Waals surface area (Å²) in [4.78, 5) is 0. The van der Waals surface area contributed by atoms with Crippen LogP contribution in [-0.4, -0.2) is 10.2 Å². The Morgan fingerprint density at radius 2 is 1.28 bits per heavy atom. The molecule has 0 amide bonds. The van der Waals surface area contributed by atoms with Gasteiger partial charge in [0.15, 0.2) is 0 Å². The highest BCUT2D eigenvalue weighted by Gasteiger charge is 2.09. The molecule has 18 heavy (non-hydrogen) atoms. The van der Waals surface area contributed by atoms with E-state index in [1.54, 1.807) is 0 Å². The van der Waals surface area contributed by atoms with E-state index in [1.807, 2.05) is 54.6 Å². The highest BCUT2D eigenvalue weighted by Crippen LogP contribution is 2.23. The molecular formula is C14H11N2OP.